The van der Waals surface area contributed by atoms with Gasteiger partial charge in [0.1, 0.15) is 0 Å². The van der Waals surface area contributed by atoms with E-state index in [4.69, 9.17) is 9.47 Å². The number of aromatic nitrogens is 1. The van der Waals surface area contributed by atoms with Gasteiger partial charge in [-0.2, -0.15) is 5.10 Å². The Kier molecular flexibility index (Phi) is 10.4. The lowest BCUT2D eigenvalue weighted by Gasteiger charge is -2.13. The first kappa shape index (κ1) is 31.7. The zero-order chi connectivity index (χ0) is 31.8. The van der Waals surface area contributed by atoms with Gasteiger partial charge in [-0.25, -0.2) is 10.4 Å². The van der Waals surface area contributed by atoms with Crippen molar-refractivity contribution in [3.05, 3.63) is 116 Å². The molecule has 0 bridgehead atoms. The number of halogens is 1. The van der Waals surface area contributed by atoms with Crippen molar-refractivity contribution in [2.75, 3.05) is 24.4 Å². The number of nitrogens with one attached hydrogen (secondary N) is 3. The zero-order valence-electron chi connectivity index (χ0n) is 24.8. The van der Waals surface area contributed by atoms with Gasteiger partial charge in [-0.05, 0) is 90.5 Å². The summed E-state index contributed by atoms with van der Waals surface area (Å²) >= 11 is 3.62. The van der Waals surface area contributed by atoms with Crippen LogP contribution in [0.2, 0.25) is 0 Å². The Morgan fingerprint density at radius 3 is 2.27 bits per heavy atom. The minimum Gasteiger partial charge on any atom is -0.493 e. The van der Waals surface area contributed by atoms with E-state index in [0.717, 1.165) is 31.2 Å². The van der Waals surface area contributed by atoms with Crippen molar-refractivity contribution in [3.8, 4) is 22.8 Å². The highest BCUT2D eigenvalue weighted by molar-refractivity contribution is 14.1. The number of hydrogen-bond acceptors (Lipinski definition) is 8. The lowest BCUT2D eigenvalue weighted by Crippen LogP contribution is -2.20. The first-order valence-electron chi connectivity index (χ1n) is 13.9. The molecule has 0 spiro atoms. The number of anilines is 3. The summed E-state index contributed by atoms with van der Waals surface area (Å²) in [6, 6.07) is 26.4. The molecule has 2 amide bonds. The summed E-state index contributed by atoms with van der Waals surface area (Å²) < 4.78 is 12.0. The molecule has 0 radical (unpaired) electrons. The van der Waals surface area contributed by atoms with Gasteiger partial charge in [-0.1, -0.05) is 47.5 Å². The van der Waals surface area contributed by atoms with Gasteiger partial charge >= 0.3 is 0 Å². The second-order valence-electron chi connectivity index (χ2n) is 10.0. The average Bonchev–Trinajstić information content (AvgIpc) is 3.51. The first-order valence-corrected chi connectivity index (χ1v) is 15.8. The molecule has 1 heterocycles. The third kappa shape index (κ3) is 8.67. The van der Waals surface area contributed by atoms with E-state index in [0.29, 0.717) is 28.3 Å². The van der Waals surface area contributed by atoms with Crippen LogP contribution in [0.1, 0.15) is 27.0 Å². The van der Waals surface area contributed by atoms with Crippen molar-refractivity contribution in [2.24, 2.45) is 5.10 Å². The van der Waals surface area contributed by atoms with Crippen LogP contribution in [0.25, 0.3) is 11.3 Å². The number of amides is 2. The summed E-state index contributed by atoms with van der Waals surface area (Å²) in [6.45, 7) is 3.85. The third-order valence-corrected chi connectivity index (χ3v) is 8.12. The monoisotopic (exact) mass is 731 g/mol. The Morgan fingerprint density at radius 2 is 1.60 bits per heavy atom. The lowest BCUT2D eigenvalue weighted by molar-refractivity contribution is -0.118. The number of rotatable bonds is 11. The molecular weight excluding hydrogens is 701 g/mol. The van der Waals surface area contributed by atoms with Crippen LogP contribution in [0.15, 0.2) is 95.4 Å². The minimum absolute atomic E-state index is 0.184. The summed E-state index contributed by atoms with van der Waals surface area (Å²) in [5.74, 6) is 0.243. The summed E-state index contributed by atoms with van der Waals surface area (Å²) in [6.07, 6.45) is 1.52. The Bertz CT molecular complexity index is 1820. The molecule has 228 valence electrons. The molecule has 0 saturated carbocycles. The van der Waals surface area contributed by atoms with Crippen LogP contribution in [-0.2, 0) is 4.79 Å². The predicted molar refractivity (Wildman–Crippen MR) is 188 cm³/mol. The summed E-state index contributed by atoms with van der Waals surface area (Å²) in [5.41, 5.74) is 9.40. The van der Waals surface area contributed by atoms with Crippen molar-refractivity contribution in [2.45, 2.75) is 13.8 Å². The Morgan fingerprint density at radius 1 is 0.933 bits per heavy atom. The lowest BCUT2D eigenvalue weighted by atomic mass is 10.1. The van der Waals surface area contributed by atoms with Crippen LogP contribution in [0.4, 0.5) is 16.5 Å². The molecular formula is C34H30IN5O4S. The number of hydrogen-bond donors (Lipinski definition) is 3. The largest absolute Gasteiger partial charge is 0.493 e. The fourth-order valence-electron chi connectivity index (χ4n) is 4.17. The van der Waals surface area contributed by atoms with E-state index in [1.807, 2.05) is 86.0 Å². The first-order chi connectivity index (χ1) is 21.8. The SMILES string of the molecule is COc1cc(/C=N/NC(=O)c2ccc(-c3csc(Nc4ccc(C)cc4)n3)cc2)cc(I)c1OCC(=O)Nc1ccc(C)cc1. The standard InChI is InChI=1S/C34H30IN5O4S/c1-21-4-12-26(13-5-21)37-31(41)19-44-32-28(35)16-23(17-30(32)43-3)18-36-40-33(42)25-10-8-24(9-11-25)29-20-45-34(39-29)38-27-14-6-22(2)7-15-27/h4-18,20H,19H2,1-3H3,(H,37,41)(H,38,39)(H,40,42)/b36-18+. The maximum Gasteiger partial charge on any atom is 0.271 e. The van der Waals surface area contributed by atoms with Crippen molar-refractivity contribution < 1.29 is 19.1 Å². The molecule has 0 atom stereocenters. The van der Waals surface area contributed by atoms with E-state index in [1.54, 1.807) is 18.2 Å². The molecule has 0 aliphatic carbocycles. The van der Waals surface area contributed by atoms with Crippen LogP contribution in [-0.4, -0.2) is 36.7 Å². The highest BCUT2D eigenvalue weighted by Crippen LogP contribution is 2.33. The number of benzene rings is 4. The third-order valence-electron chi connectivity index (χ3n) is 6.56. The van der Waals surface area contributed by atoms with Gasteiger partial charge < -0.3 is 20.1 Å². The van der Waals surface area contributed by atoms with Crippen molar-refractivity contribution in [3.63, 3.8) is 0 Å². The van der Waals surface area contributed by atoms with E-state index >= 15 is 0 Å². The van der Waals surface area contributed by atoms with Crippen molar-refractivity contribution in [1.29, 1.82) is 0 Å². The second-order valence-corrected chi connectivity index (χ2v) is 12.1. The molecule has 3 N–H and O–H groups in total. The number of methoxy groups -OCH3 is 1. The molecule has 0 saturated heterocycles. The Labute approximate surface area is 278 Å². The summed E-state index contributed by atoms with van der Waals surface area (Å²) in [5, 5.41) is 13.0. The number of thiazole rings is 1. The van der Waals surface area contributed by atoms with Gasteiger partial charge in [0.15, 0.2) is 23.2 Å². The molecule has 5 rings (SSSR count). The topological polar surface area (TPSA) is 114 Å². The fourth-order valence-corrected chi connectivity index (χ4v) is 5.69. The molecule has 0 fully saturated rings. The van der Waals surface area contributed by atoms with Gasteiger partial charge in [-0.3, -0.25) is 9.59 Å². The molecule has 0 aliphatic heterocycles. The van der Waals surface area contributed by atoms with Crippen LogP contribution >= 0.6 is 33.9 Å². The van der Waals surface area contributed by atoms with Crippen LogP contribution in [0, 0.1) is 17.4 Å². The molecule has 0 aliphatic rings. The van der Waals surface area contributed by atoms with E-state index < -0.39 is 0 Å². The molecule has 0 unspecified atom stereocenters. The van der Waals surface area contributed by atoms with E-state index in [2.05, 4.69) is 48.7 Å². The van der Waals surface area contributed by atoms with Crippen LogP contribution in [0.3, 0.4) is 0 Å². The predicted octanol–water partition coefficient (Wildman–Crippen LogP) is 7.57. The zero-order valence-corrected chi connectivity index (χ0v) is 27.7. The average molecular weight is 732 g/mol. The Balaban J connectivity index is 1.15. The summed E-state index contributed by atoms with van der Waals surface area (Å²) in [4.78, 5) is 29.8. The second kappa shape index (κ2) is 14.8. The molecule has 4 aromatic carbocycles. The van der Waals surface area contributed by atoms with Gasteiger partial charge in [0.05, 0.1) is 22.6 Å². The van der Waals surface area contributed by atoms with Gasteiger partial charge in [0, 0.05) is 27.9 Å². The molecule has 9 nitrogen and oxygen atoms in total. The van der Waals surface area contributed by atoms with Gasteiger partial charge in [-0.15, -0.1) is 11.3 Å². The highest BCUT2D eigenvalue weighted by atomic mass is 127. The molecule has 1 aromatic heterocycles. The highest BCUT2D eigenvalue weighted by Gasteiger charge is 2.14. The normalized spacial score (nSPS) is 10.8. The van der Waals surface area contributed by atoms with E-state index in [1.165, 1.54) is 30.2 Å². The fraction of sp³-hybridized carbons (Fsp3) is 0.118. The number of aryl methyl sites for hydroxylation is 2. The van der Waals surface area contributed by atoms with Crippen molar-refractivity contribution >= 4 is 68.5 Å². The maximum atomic E-state index is 12.7. The van der Waals surface area contributed by atoms with Gasteiger partial charge in [0.2, 0.25) is 0 Å². The number of nitrogens with zero attached hydrogens (tertiary/aromatic N) is 2. The Hall–Kier alpha value is -4.75. The van der Waals surface area contributed by atoms with Crippen LogP contribution in [0.5, 0.6) is 11.5 Å². The molecule has 5 aromatic rings. The quantitative estimate of drug-likeness (QED) is 0.0735. The number of ether oxygens (including phenoxy) is 2. The van der Waals surface area contributed by atoms with Crippen molar-refractivity contribution in [1.82, 2.24) is 10.4 Å². The summed E-state index contributed by atoms with van der Waals surface area (Å²) in [7, 11) is 1.52. The molecule has 11 heteroatoms. The van der Waals surface area contributed by atoms with Crippen LogP contribution < -0.4 is 25.5 Å². The number of carbonyl (C=O) groups excluding carboxylic acids is 2. The minimum atomic E-state index is -0.348. The van der Waals surface area contributed by atoms with Gasteiger partial charge in [0.25, 0.3) is 11.8 Å². The smallest absolute Gasteiger partial charge is 0.271 e. The number of carbonyl (C=O) groups is 2. The van der Waals surface area contributed by atoms with E-state index in [9.17, 15) is 9.59 Å². The number of hydrazone groups is 1. The molecule has 45 heavy (non-hydrogen) atoms. The van der Waals surface area contributed by atoms with E-state index in [-0.39, 0.29) is 18.4 Å². The maximum absolute atomic E-state index is 12.7.